The van der Waals surface area contributed by atoms with Crippen LogP contribution in [0, 0.1) is 0 Å². The molecule has 0 radical (unpaired) electrons. The Bertz CT molecular complexity index is 598. The molecule has 5 heteroatoms. The van der Waals surface area contributed by atoms with E-state index in [1.165, 1.54) is 6.92 Å². The summed E-state index contributed by atoms with van der Waals surface area (Å²) < 4.78 is 0. The van der Waals surface area contributed by atoms with Gasteiger partial charge in [-0.05, 0) is 6.07 Å². The Hall–Kier alpha value is -2.40. The third-order valence-corrected chi connectivity index (χ3v) is 3.06. The lowest BCUT2D eigenvalue weighted by molar-refractivity contribution is -0.118. The average Bonchev–Trinajstić information content (AvgIpc) is 2.52. The second kappa shape index (κ2) is 7.40. The first-order chi connectivity index (χ1) is 10.2. The molecule has 0 unspecified atom stereocenters. The molecule has 4 N–H and O–H groups in total. The summed E-state index contributed by atoms with van der Waals surface area (Å²) in [6.07, 6.45) is 0. The van der Waals surface area contributed by atoms with Crippen molar-refractivity contribution in [1.29, 1.82) is 0 Å². The summed E-state index contributed by atoms with van der Waals surface area (Å²) in [5.74, 6) is 0.728. The fourth-order valence-corrected chi connectivity index (χ4v) is 1.99. The van der Waals surface area contributed by atoms with Crippen LogP contribution in [-0.2, 0) is 11.3 Å². The Balaban J connectivity index is 2.12. The van der Waals surface area contributed by atoms with Gasteiger partial charge >= 0.3 is 0 Å². The molecule has 0 aliphatic rings. The van der Waals surface area contributed by atoms with Crippen molar-refractivity contribution >= 4 is 11.7 Å². The molecule has 1 heterocycles. The number of nitrogens with two attached hydrogens (primary N) is 1. The molecule has 0 fully saturated rings. The Labute approximate surface area is 124 Å². The number of nitrogens with one attached hydrogen (secondary N) is 2. The third-order valence-electron chi connectivity index (χ3n) is 3.06. The maximum atomic E-state index is 10.8. The summed E-state index contributed by atoms with van der Waals surface area (Å²) in [6.45, 7) is 3.08. The van der Waals surface area contributed by atoms with Crippen LogP contribution in [0.15, 0.2) is 42.5 Å². The van der Waals surface area contributed by atoms with E-state index in [-0.39, 0.29) is 5.91 Å². The van der Waals surface area contributed by atoms with Gasteiger partial charge in [-0.25, -0.2) is 4.98 Å². The van der Waals surface area contributed by atoms with Gasteiger partial charge in [0.15, 0.2) is 0 Å². The standard InChI is InChI=1S/C16H20N4O/c1-12(21)18-9-10-19-16-14(11-17)7-8-15(20-16)13-5-3-2-4-6-13/h2-8H,9-11,17H2,1H3,(H,18,21)(H,19,20). The number of hydrogen-bond donors (Lipinski definition) is 3. The number of nitrogens with zero attached hydrogens (tertiary/aromatic N) is 1. The monoisotopic (exact) mass is 284 g/mol. The zero-order valence-electron chi connectivity index (χ0n) is 12.1. The van der Waals surface area contributed by atoms with E-state index in [2.05, 4.69) is 15.6 Å². The van der Waals surface area contributed by atoms with Gasteiger partial charge in [0.1, 0.15) is 5.82 Å². The Morgan fingerprint density at radius 2 is 1.90 bits per heavy atom. The Kier molecular flexibility index (Phi) is 5.29. The van der Waals surface area contributed by atoms with Crippen molar-refractivity contribution in [3.63, 3.8) is 0 Å². The predicted molar refractivity (Wildman–Crippen MR) is 84.7 cm³/mol. The van der Waals surface area contributed by atoms with Gasteiger partial charge in [-0.15, -0.1) is 0 Å². The van der Waals surface area contributed by atoms with E-state index in [9.17, 15) is 4.79 Å². The summed E-state index contributed by atoms with van der Waals surface area (Å²) in [4.78, 5) is 15.5. The molecule has 0 bridgehead atoms. The molecule has 0 aliphatic carbocycles. The van der Waals surface area contributed by atoms with Crippen molar-refractivity contribution in [3.8, 4) is 11.3 Å². The SMILES string of the molecule is CC(=O)NCCNc1nc(-c2ccccc2)ccc1CN. The molecule has 1 aromatic heterocycles. The number of carbonyl (C=O) groups excluding carboxylic acids is 1. The summed E-state index contributed by atoms with van der Waals surface area (Å²) in [7, 11) is 0. The van der Waals surface area contributed by atoms with Gasteiger partial charge in [-0.1, -0.05) is 36.4 Å². The van der Waals surface area contributed by atoms with Crippen LogP contribution in [0.5, 0.6) is 0 Å². The highest BCUT2D eigenvalue weighted by Crippen LogP contribution is 2.21. The smallest absolute Gasteiger partial charge is 0.216 e. The van der Waals surface area contributed by atoms with E-state index >= 15 is 0 Å². The summed E-state index contributed by atoms with van der Waals surface area (Å²) in [5, 5.41) is 5.96. The lowest BCUT2D eigenvalue weighted by Gasteiger charge is -2.12. The fourth-order valence-electron chi connectivity index (χ4n) is 1.99. The number of aromatic nitrogens is 1. The summed E-state index contributed by atoms with van der Waals surface area (Å²) >= 11 is 0. The molecule has 21 heavy (non-hydrogen) atoms. The maximum Gasteiger partial charge on any atom is 0.216 e. The number of carbonyl (C=O) groups is 1. The lowest BCUT2D eigenvalue weighted by Crippen LogP contribution is -2.26. The van der Waals surface area contributed by atoms with Crippen molar-refractivity contribution in [2.75, 3.05) is 18.4 Å². The van der Waals surface area contributed by atoms with Crippen LogP contribution in [0.25, 0.3) is 11.3 Å². The molecule has 2 rings (SSSR count). The van der Waals surface area contributed by atoms with Crippen molar-refractivity contribution < 1.29 is 4.79 Å². The van der Waals surface area contributed by atoms with E-state index in [1.807, 2.05) is 42.5 Å². The van der Waals surface area contributed by atoms with Gasteiger partial charge in [0.05, 0.1) is 5.69 Å². The molecule has 0 aliphatic heterocycles. The minimum Gasteiger partial charge on any atom is -0.368 e. The second-order valence-electron chi connectivity index (χ2n) is 4.68. The molecular formula is C16H20N4O. The van der Waals surface area contributed by atoms with Gasteiger partial charge in [-0.2, -0.15) is 0 Å². The number of hydrogen-bond acceptors (Lipinski definition) is 4. The zero-order valence-corrected chi connectivity index (χ0v) is 12.1. The van der Waals surface area contributed by atoms with E-state index in [0.717, 1.165) is 22.6 Å². The number of pyridine rings is 1. The summed E-state index contributed by atoms with van der Waals surface area (Å²) in [6, 6.07) is 13.9. The topological polar surface area (TPSA) is 80.0 Å². The normalized spacial score (nSPS) is 10.2. The van der Waals surface area contributed by atoms with Gasteiger partial charge in [0, 0.05) is 37.7 Å². The third kappa shape index (κ3) is 4.29. The number of anilines is 1. The van der Waals surface area contributed by atoms with Crippen LogP contribution in [0.2, 0.25) is 0 Å². The van der Waals surface area contributed by atoms with Crippen LogP contribution < -0.4 is 16.4 Å². The highest BCUT2D eigenvalue weighted by Gasteiger charge is 2.06. The van der Waals surface area contributed by atoms with E-state index < -0.39 is 0 Å². The highest BCUT2D eigenvalue weighted by molar-refractivity contribution is 5.72. The number of amides is 1. The predicted octanol–water partition coefficient (Wildman–Crippen LogP) is 1.76. The zero-order chi connectivity index (χ0) is 15.1. The molecule has 2 aromatic rings. The molecule has 0 spiro atoms. The van der Waals surface area contributed by atoms with Crippen LogP contribution in [-0.4, -0.2) is 24.0 Å². The largest absolute Gasteiger partial charge is 0.368 e. The van der Waals surface area contributed by atoms with Gasteiger partial charge in [0.25, 0.3) is 0 Å². The van der Waals surface area contributed by atoms with Crippen molar-refractivity contribution in [1.82, 2.24) is 10.3 Å². The van der Waals surface area contributed by atoms with Crippen LogP contribution in [0.3, 0.4) is 0 Å². The van der Waals surface area contributed by atoms with E-state index in [0.29, 0.717) is 19.6 Å². The molecule has 110 valence electrons. The molecule has 5 nitrogen and oxygen atoms in total. The van der Waals surface area contributed by atoms with Gasteiger partial charge < -0.3 is 16.4 Å². The van der Waals surface area contributed by atoms with E-state index in [4.69, 9.17) is 5.73 Å². The van der Waals surface area contributed by atoms with Gasteiger partial charge in [0.2, 0.25) is 5.91 Å². The van der Waals surface area contributed by atoms with Crippen molar-refractivity contribution in [3.05, 3.63) is 48.0 Å². The Morgan fingerprint density at radius 1 is 1.14 bits per heavy atom. The molecule has 0 atom stereocenters. The fraction of sp³-hybridized carbons (Fsp3) is 0.250. The summed E-state index contributed by atoms with van der Waals surface area (Å²) in [5.41, 5.74) is 8.66. The van der Waals surface area contributed by atoms with Crippen molar-refractivity contribution in [2.24, 2.45) is 5.73 Å². The minimum absolute atomic E-state index is 0.0400. The van der Waals surface area contributed by atoms with Crippen LogP contribution >= 0.6 is 0 Å². The number of benzene rings is 1. The first kappa shape index (κ1) is 15.0. The first-order valence-corrected chi connectivity index (χ1v) is 6.94. The molecular weight excluding hydrogens is 264 g/mol. The quantitative estimate of drug-likeness (QED) is 0.706. The highest BCUT2D eigenvalue weighted by atomic mass is 16.1. The number of rotatable bonds is 6. The molecule has 0 saturated heterocycles. The molecule has 1 amide bonds. The second-order valence-corrected chi connectivity index (χ2v) is 4.68. The maximum absolute atomic E-state index is 10.8. The van der Waals surface area contributed by atoms with Gasteiger partial charge in [-0.3, -0.25) is 4.79 Å². The van der Waals surface area contributed by atoms with Crippen molar-refractivity contribution in [2.45, 2.75) is 13.5 Å². The van der Waals surface area contributed by atoms with Crippen LogP contribution in [0.4, 0.5) is 5.82 Å². The lowest BCUT2D eigenvalue weighted by atomic mass is 10.1. The average molecular weight is 284 g/mol. The first-order valence-electron chi connectivity index (χ1n) is 6.94. The Morgan fingerprint density at radius 3 is 2.57 bits per heavy atom. The molecule has 0 saturated carbocycles. The van der Waals surface area contributed by atoms with E-state index in [1.54, 1.807) is 0 Å². The molecule has 1 aromatic carbocycles. The van der Waals surface area contributed by atoms with Crippen LogP contribution in [0.1, 0.15) is 12.5 Å². The minimum atomic E-state index is -0.0400.